The Labute approximate surface area is 273 Å². The van der Waals surface area contributed by atoms with Crippen LogP contribution < -0.4 is 20.4 Å². The SMILES string of the molecule is CC1CN(c2cccc(CC(=O)Nc3nnc([C@H]4CCC[C@H](c5nnc(NC(=O)Cc6cccc(N7CC(F)C7)n6)s5)C4)s3)n2)C1. The first kappa shape index (κ1) is 30.5. The summed E-state index contributed by atoms with van der Waals surface area (Å²) in [5.41, 5.74) is 1.35. The summed E-state index contributed by atoms with van der Waals surface area (Å²) in [6, 6.07) is 11.3. The summed E-state index contributed by atoms with van der Waals surface area (Å²) in [4.78, 5) is 38.8. The Morgan fingerprint density at radius 2 is 1.28 bits per heavy atom. The van der Waals surface area contributed by atoms with Gasteiger partial charge in [0.1, 0.15) is 27.8 Å². The Morgan fingerprint density at radius 1 is 0.783 bits per heavy atom. The minimum absolute atomic E-state index is 0.0951. The number of hydrogen-bond acceptors (Lipinski definition) is 12. The maximum atomic E-state index is 13.2. The molecular formula is C31H35FN10O2S2. The number of anilines is 4. The molecule has 240 valence electrons. The van der Waals surface area contributed by atoms with Crippen LogP contribution >= 0.6 is 22.7 Å². The second-order valence-corrected chi connectivity index (χ2v) is 14.4. The third-order valence-electron chi connectivity index (χ3n) is 8.56. The second kappa shape index (κ2) is 13.3. The standard InChI is InChI=1S/C31H35FN10O2S2/c1-18-14-41(15-18)24-9-3-7-22(33-24)12-26(43)35-30-39-37-28(45-30)19-5-2-6-20(11-19)29-38-40-31(46-29)36-27(44)13-23-8-4-10-25(34-23)42-16-21(32)17-42/h3-4,7-10,18-21H,2,5-6,11-17H2,1H3,(H,35,39,43)(H,36,40,44)/t19-,20-/m0/s1. The second-order valence-electron chi connectivity index (χ2n) is 12.4. The molecule has 2 N–H and O–H groups in total. The zero-order valence-electron chi connectivity index (χ0n) is 25.4. The Hall–Kier alpha value is -4.11. The minimum Gasteiger partial charge on any atom is -0.356 e. The van der Waals surface area contributed by atoms with Gasteiger partial charge in [-0.3, -0.25) is 9.59 Å². The summed E-state index contributed by atoms with van der Waals surface area (Å²) in [6.07, 6.45) is 3.29. The van der Waals surface area contributed by atoms with E-state index in [1.165, 1.54) is 22.7 Å². The van der Waals surface area contributed by atoms with Gasteiger partial charge in [0, 0.05) is 24.9 Å². The Balaban J connectivity index is 0.904. The largest absolute Gasteiger partial charge is 0.356 e. The van der Waals surface area contributed by atoms with Gasteiger partial charge >= 0.3 is 0 Å². The molecular weight excluding hydrogens is 628 g/mol. The lowest BCUT2D eigenvalue weighted by molar-refractivity contribution is -0.116. The summed E-state index contributed by atoms with van der Waals surface area (Å²) in [7, 11) is 0. The van der Waals surface area contributed by atoms with Crippen molar-refractivity contribution >= 4 is 56.4 Å². The predicted octanol–water partition coefficient (Wildman–Crippen LogP) is 4.60. The monoisotopic (exact) mass is 662 g/mol. The predicted molar refractivity (Wildman–Crippen MR) is 175 cm³/mol. The van der Waals surface area contributed by atoms with E-state index in [0.717, 1.165) is 60.3 Å². The van der Waals surface area contributed by atoms with E-state index in [1.54, 1.807) is 6.07 Å². The lowest BCUT2D eigenvalue weighted by Crippen LogP contribution is -2.48. The Bertz CT molecular complexity index is 1580. The molecule has 46 heavy (non-hydrogen) atoms. The van der Waals surface area contributed by atoms with Crippen LogP contribution in [0.2, 0.25) is 0 Å². The van der Waals surface area contributed by atoms with Crippen LogP contribution in [-0.2, 0) is 22.4 Å². The van der Waals surface area contributed by atoms with E-state index >= 15 is 0 Å². The maximum Gasteiger partial charge on any atom is 0.232 e. The molecule has 3 fully saturated rings. The van der Waals surface area contributed by atoms with Crippen molar-refractivity contribution in [3.8, 4) is 0 Å². The summed E-state index contributed by atoms with van der Waals surface area (Å²) in [5.74, 6) is 2.29. The average molecular weight is 663 g/mol. The molecule has 0 aromatic carbocycles. The van der Waals surface area contributed by atoms with Crippen molar-refractivity contribution < 1.29 is 14.0 Å². The van der Waals surface area contributed by atoms with Crippen molar-refractivity contribution in [1.82, 2.24) is 30.4 Å². The molecule has 3 aliphatic rings. The molecule has 2 saturated heterocycles. The van der Waals surface area contributed by atoms with E-state index in [9.17, 15) is 14.0 Å². The number of carbonyl (C=O) groups excluding carboxylic acids is 2. The van der Waals surface area contributed by atoms with E-state index in [1.807, 2.05) is 35.2 Å². The van der Waals surface area contributed by atoms with Gasteiger partial charge in [-0.2, -0.15) is 0 Å². The lowest BCUT2D eigenvalue weighted by atomic mass is 9.82. The number of aromatic nitrogens is 6. The third kappa shape index (κ3) is 7.15. The highest BCUT2D eigenvalue weighted by atomic mass is 32.1. The van der Waals surface area contributed by atoms with Crippen molar-refractivity contribution in [1.29, 1.82) is 0 Å². The molecule has 0 unspecified atom stereocenters. The van der Waals surface area contributed by atoms with E-state index in [0.29, 0.717) is 40.8 Å². The summed E-state index contributed by atoms with van der Waals surface area (Å²) in [6.45, 7) is 4.87. The molecule has 15 heteroatoms. The van der Waals surface area contributed by atoms with Crippen molar-refractivity contribution in [3.05, 3.63) is 57.8 Å². The van der Waals surface area contributed by atoms with Crippen LogP contribution in [0.5, 0.6) is 0 Å². The van der Waals surface area contributed by atoms with E-state index in [2.05, 4.69) is 52.8 Å². The van der Waals surface area contributed by atoms with E-state index < -0.39 is 6.17 Å². The smallest absolute Gasteiger partial charge is 0.232 e. The molecule has 4 aromatic rings. The fourth-order valence-electron chi connectivity index (χ4n) is 6.18. The first-order valence-corrected chi connectivity index (χ1v) is 17.3. The normalized spacial score (nSPS) is 20.2. The Morgan fingerprint density at radius 3 is 1.76 bits per heavy atom. The number of pyridine rings is 2. The molecule has 0 bridgehead atoms. The lowest BCUT2D eigenvalue weighted by Gasteiger charge is -2.38. The highest BCUT2D eigenvalue weighted by Gasteiger charge is 2.30. The van der Waals surface area contributed by atoms with Gasteiger partial charge in [-0.15, -0.1) is 20.4 Å². The molecule has 6 heterocycles. The van der Waals surface area contributed by atoms with Gasteiger partial charge in [0.15, 0.2) is 0 Å². The number of nitrogens with one attached hydrogen (secondary N) is 2. The molecule has 0 radical (unpaired) electrons. The topological polar surface area (TPSA) is 142 Å². The first-order chi connectivity index (χ1) is 22.3. The number of halogens is 1. The first-order valence-electron chi connectivity index (χ1n) is 15.7. The zero-order valence-corrected chi connectivity index (χ0v) is 27.1. The molecule has 2 amide bonds. The number of amides is 2. The van der Waals surface area contributed by atoms with Crippen molar-refractivity contribution in [2.45, 2.75) is 63.5 Å². The molecule has 2 atom stereocenters. The molecule has 1 saturated carbocycles. The fourth-order valence-corrected chi connectivity index (χ4v) is 7.99. The molecule has 12 nitrogen and oxygen atoms in total. The molecule has 4 aromatic heterocycles. The van der Waals surface area contributed by atoms with Crippen LogP contribution in [0.15, 0.2) is 36.4 Å². The van der Waals surface area contributed by atoms with Crippen LogP contribution in [0.3, 0.4) is 0 Å². The van der Waals surface area contributed by atoms with Gasteiger partial charge < -0.3 is 20.4 Å². The Kier molecular flexibility index (Phi) is 8.84. The van der Waals surface area contributed by atoms with Crippen LogP contribution in [0, 0.1) is 5.92 Å². The van der Waals surface area contributed by atoms with Crippen LogP contribution in [0.4, 0.5) is 26.3 Å². The number of carbonyl (C=O) groups is 2. The molecule has 1 aliphatic carbocycles. The van der Waals surface area contributed by atoms with Gasteiger partial charge in [0.05, 0.1) is 37.3 Å². The molecule has 2 aliphatic heterocycles. The van der Waals surface area contributed by atoms with Gasteiger partial charge in [-0.05, 0) is 49.4 Å². The maximum absolute atomic E-state index is 13.2. The summed E-state index contributed by atoms with van der Waals surface area (Å²) >= 11 is 2.81. The van der Waals surface area contributed by atoms with Gasteiger partial charge in [-0.25, -0.2) is 14.4 Å². The zero-order chi connectivity index (χ0) is 31.6. The van der Waals surface area contributed by atoms with Gasteiger partial charge in [0.25, 0.3) is 0 Å². The van der Waals surface area contributed by atoms with Crippen molar-refractivity contribution in [3.63, 3.8) is 0 Å². The van der Waals surface area contributed by atoms with Gasteiger partial charge in [0.2, 0.25) is 22.1 Å². The molecule has 0 spiro atoms. The van der Waals surface area contributed by atoms with E-state index in [4.69, 9.17) is 0 Å². The average Bonchev–Trinajstić information content (AvgIpc) is 3.68. The minimum atomic E-state index is -0.820. The number of alkyl halides is 1. The summed E-state index contributed by atoms with van der Waals surface area (Å²) in [5, 5.41) is 25.8. The third-order valence-corrected chi connectivity index (χ3v) is 10.6. The number of nitrogens with zero attached hydrogens (tertiary/aromatic N) is 8. The van der Waals surface area contributed by atoms with E-state index in [-0.39, 0.29) is 36.5 Å². The number of rotatable bonds is 10. The number of hydrogen-bond donors (Lipinski definition) is 2. The van der Waals surface area contributed by atoms with Crippen molar-refractivity contribution in [2.24, 2.45) is 5.92 Å². The van der Waals surface area contributed by atoms with Crippen LogP contribution in [-0.4, -0.2) is 74.5 Å². The molecule has 7 rings (SSSR count). The highest BCUT2D eigenvalue weighted by molar-refractivity contribution is 7.15. The van der Waals surface area contributed by atoms with Crippen LogP contribution in [0.1, 0.15) is 65.8 Å². The fraction of sp³-hybridized carbons (Fsp3) is 0.484. The summed E-state index contributed by atoms with van der Waals surface area (Å²) < 4.78 is 13.2. The van der Waals surface area contributed by atoms with Crippen LogP contribution in [0.25, 0.3) is 0 Å². The van der Waals surface area contributed by atoms with Crippen molar-refractivity contribution in [2.75, 3.05) is 46.6 Å². The van der Waals surface area contributed by atoms with Gasteiger partial charge in [-0.1, -0.05) is 48.2 Å². The highest BCUT2D eigenvalue weighted by Crippen LogP contribution is 2.43. The quantitative estimate of drug-likeness (QED) is 0.248.